The maximum atomic E-state index is 14.8. The van der Waals surface area contributed by atoms with Crippen LogP contribution in [0.2, 0.25) is 0 Å². The zero-order valence-corrected chi connectivity index (χ0v) is 17.1. The first-order valence-electron chi connectivity index (χ1n) is 10.9. The molecule has 0 amide bonds. The molecule has 0 bridgehead atoms. The van der Waals surface area contributed by atoms with Crippen molar-refractivity contribution in [3.8, 4) is 11.3 Å². The lowest BCUT2D eigenvalue weighted by Crippen LogP contribution is -2.33. The van der Waals surface area contributed by atoms with Gasteiger partial charge in [-0.05, 0) is 36.4 Å². The van der Waals surface area contributed by atoms with Crippen molar-refractivity contribution < 1.29 is 17.5 Å². The highest BCUT2D eigenvalue weighted by molar-refractivity contribution is 6.12. The molecule has 0 radical (unpaired) electrons. The Morgan fingerprint density at radius 2 is 1.93 bits per heavy atom. The number of fused-ring (bicyclic) bond motifs is 3. The van der Waals surface area contributed by atoms with Crippen LogP contribution in [-0.4, -0.2) is 0 Å². The van der Waals surface area contributed by atoms with Crippen molar-refractivity contribution in [3.63, 3.8) is 0 Å². The highest BCUT2D eigenvalue weighted by atomic mass is 19.1. The highest BCUT2D eigenvalue weighted by Gasteiger charge is 2.27. The van der Waals surface area contributed by atoms with Crippen molar-refractivity contribution in [2.45, 2.75) is 40.0 Å². The third kappa shape index (κ3) is 2.98. The predicted octanol–water partition coefficient (Wildman–Crippen LogP) is 6.68. The second kappa shape index (κ2) is 6.42. The second-order valence-electron chi connectivity index (χ2n) is 8.50. The van der Waals surface area contributed by atoms with E-state index in [1.807, 2.05) is 33.8 Å². The summed E-state index contributed by atoms with van der Waals surface area (Å²) in [6.45, 7) is 12.6. The normalized spacial score (nSPS) is 13.9. The van der Waals surface area contributed by atoms with Crippen LogP contribution in [0.5, 0.6) is 0 Å². The molecule has 0 saturated heterocycles. The predicted molar refractivity (Wildman–Crippen MR) is 115 cm³/mol. The van der Waals surface area contributed by atoms with Gasteiger partial charge in [0, 0.05) is 26.5 Å². The smallest absolute Gasteiger partial charge is 0.216 e. The Balaban J connectivity index is 2.19. The molecule has 29 heavy (non-hydrogen) atoms. The Bertz CT molecular complexity index is 1440. The number of furan rings is 1. The van der Waals surface area contributed by atoms with Crippen LogP contribution in [-0.2, 0) is 12.5 Å². The molecule has 2 heterocycles. The molecular formula is C25H24FN2O+. The second-order valence-corrected chi connectivity index (χ2v) is 8.50. The minimum atomic E-state index is -2.35. The van der Waals surface area contributed by atoms with Gasteiger partial charge in [-0.1, -0.05) is 39.0 Å². The number of hydrogen-bond donors (Lipinski definition) is 0. The van der Waals surface area contributed by atoms with E-state index in [0.717, 1.165) is 11.3 Å². The number of halogens is 1. The molecule has 0 fully saturated rings. The van der Waals surface area contributed by atoms with E-state index in [2.05, 4.69) is 4.85 Å². The van der Waals surface area contributed by atoms with Crippen LogP contribution in [0.4, 0.5) is 10.1 Å². The monoisotopic (exact) mass is 390 g/mol. The molecule has 3 nitrogen and oxygen atoms in total. The van der Waals surface area contributed by atoms with E-state index in [4.69, 9.17) is 15.1 Å². The van der Waals surface area contributed by atoms with Crippen molar-refractivity contribution in [3.05, 3.63) is 70.5 Å². The summed E-state index contributed by atoms with van der Waals surface area (Å²) >= 11 is 0. The first-order valence-corrected chi connectivity index (χ1v) is 9.40. The minimum Gasteiger partial charge on any atom is -0.456 e. The van der Waals surface area contributed by atoms with Gasteiger partial charge in [0.15, 0.2) is 11.5 Å². The van der Waals surface area contributed by atoms with Crippen molar-refractivity contribution in [2.75, 3.05) is 0 Å². The van der Waals surface area contributed by atoms with Gasteiger partial charge in [0.25, 0.3) is 0 Å². The van der Waals surface area contributed by atoms with Crippen LogP contribution >= 0.6 is 0 Å². The Hall–Kier alpha value is -3.19. The molecule has 0 N–H and O–H groups in total. The Kier molecular flexibility index (Phi) is 3.48. The largest absolute Gasteiger partial charge is 0.456 e. The van der Waals surface area contributed by atoms with Gasteiger partial charge >= 0.3 is 0 Å². The summed E-state index contributed by atoms with van der Waals surface area (Å²) in [6.07, 6.45) is 1.44. The quantitative estimate of drug-likeness (QED) is 0.262. The van der Waals surface area contributed by atoms with Gasteiger partial charge < -0.3 is 4.42 Å². The van der Waals surface area contributed by atoms with Crippen molar-refractivity contribution >= 4 is 27.6 Å². The molecule has 0 spiro atoms. The van der Waals surface area contributed by atoms with E-state index in [0.29, 0.717) is 38.8 Å². The van der Waals surface area contributed by atoms with E-state index < -0.39 is 12.3 Å². The summed E-state index contributed by atoms with van der Waals surface area (Å²) < 4.78 is 47.0. The number of rotatable bonds is 1. The summed E-state index contributed by atoms with van der Waals surface area (Å²) in [5.74, 6) is -0.303. The summed E-state index contributed by atoms with van der Waals surface area (Å²) in [6, 6.07) is 8.49. The van der Waals surface area contributed by atoms with Crippen LogP contribution in [0, 0.1) is 26.2 Å². The Labute approximate surface area is 174 Å². The molecule has 0 atom stereocenters. The average Bonchev–Trinajstić information content (AvgIpc) is 3.04. The maximum Gasteiger partial charge on any atom is 0.216 e. The zero-order valence-electron chi connectivity index (χ0n) is 20.1. The number of aryl methyl sites for hydroxylation is 3. The minimum absolute atomic E-state index is 0.198. The van der Waals surface area contributed by atoms with Gasteiger partial charge in [-0.3, -0.25) is 0 Å². The molecule has 4 aromatic rings. The number of aromatic nitrogens is 1. The standard InChI is InChI=1S/C25H24FN2O/c1-14-10-15(2)23(20-12-18(25(3,4)5)19(26)13-28(20)7)24-22(14)17-9-8-16(27-6)11-21(17)29-24/h8-13H,1-5,7H3/q+1/i1D3. The molecule has 0 aliphatic heterocycles. The number of hydrogen-bond acceptors (Lipinski definition) is 1. The van der Waals surface area contributed by atoms with Gasteiger partial charge in [0.1, 0.15) is 18.2 Å². The number of nitrogens with zero attached hydrogens (tertiary/aromatic N) is 2. The molecule has 2 aromatic carbocycles. The molecule has 2 aromatic heterocycles. The molecule has 4 rings (SSSR count). The summed E-state index contributed by atoms with van der Waals surface area (Å²) in [7, 11) is 1.76. The summed E-state index contributed by atoms with van der Waals surface area (Å²) in [4.78, 5) is 3.46. The fourth-order valence-corrected chi connectivity index (χ4v) is 3.90. The van der Waals surface area contributed by atoms with Gasteiger partial charge in [-0.2, -0.15) is 4.57 Å². The lowest BCUT2D eigenvalue weighted by atomic mass is 9.85. The third-order valence-electron chi connectivity index (χ3n) is 5.34. The highest BCUT2D eigenvalue weighted by Crippen LogP contribution is 2.40. The van der Waals surface area contributed by atoms with E-state index in [-0.39, 0.29) is 11.4 Å². The lowest BCUT2D eigenvalue weighted by molar-refractivity contribution is -0.662. The molecule has 4 heteroatoms. The number of pyridine rings is 1. The van der Waals surface area contributed by atoms with E-state index in [9.17, 15) is 4.39 Å². The fraction of sp³-hybridized carbons (Fsp3) is 0.280. The third-order valence-corrected chi connectivity index (χ3v) is 5.34. The fourth-order valence-electron chi connectivity index (χ4n) is 3.90. The molecule has 0 aliphatic rings. The van der Waals surface area contributed by atoms with Crippen molar-refractivity contribution in [1.82, 2.24) is 0 Å². The van der Waals surface area contributed by atoms with Gasteiger partial charge in [-0.15, -0.1) is 0 Å². The van der Waals surface area contributed by atoms with Crippen molar-refractivity contribution in [2.24, 2.45) is 7.05 Å². The SMILES string of the molecule is [2H]C([2H])([2H])c1cc(C)c(-c2cc(C(C)(C)C)c(F)c[n+]2C)c2oc3cc([N+]#[C-])ccc3c12. The lowest BCUT2D eigenvalue weighted by Gasteiger charge is -2.20. The molecule has 0 saturated carbocycles. The van der Waals surface area contributed by atoms with Gasteiger partial charge in [0.2, 0.25) is 11.9 Å². The maximum absolute atomic E-state index is 14.8. The Morgan fingerprint density at radius 1 is 1.17 bits per heavy atom. The van der Waals surface area contributed by atoms with Crippen LogP contribution in [0.15, 0.2) is 40.9 Å². The van der Waals surface area contributed by atoms with Crippen LogP contribution in [0.3, 0.4) is 0 Å². The average molecular weight is 390 g/mol. The van der Waals surface area contributed by atoms with Gasteiger partial charge in [0.05, 0.1) is 12.1 Å². The first-order chi connectivity index (χ1) is 14.8. The van der Waals surface area contributed by atoms with E-state index in [1.54, 1.807) is 35.9 Å². The molecule has 146 valence electrons. The van der Waals surface area contributed by atoms with Crippen LogP contribution < -0.4 is 4.57 Å². The topological polar surface area (TPSA) is 21.4 Å². The summed E-state index contributed by atoms with van der Waals surface area (Å²) in [5.41, 5.74) is 3.77. The van der Waals surface area contributed by atoms with Crippen molar-refractivity contribution in [1.29, 1.82) is 0 Å². The van der Waals surface area contributed by atoms with E-state index >= 15 is 0 Å². The molecule has 0 unspecified atom stereocenters. The Morgan fingerprint density at radius 3 is 2.59 bits per heavy atom. The first kappa shape index (κ1) is 15.7. The van der Waals surface area contributed by atoms with Crippen LogP contribution in [0.25, 0.3) is 38.0 Å². The van der Waals surface area contributed by atoms with E-state index in [1.165, 1.54) is 6.20 Å². The van der Waals surface area contributed by atoms with Gasteiger partial charge in [-0.25, -0.2) is 9.24 Å². The zero-order chi connectivity index (χ0) is 23.6. The number of benzene rings is 2. The molecule has 0 aliphatic carbocycles. The summed E-state index contributed by atoms with van der Waals surface area (Å²) in [5, 5.41) is 1.14. The van der Waals surface area contributed by atoms with Crippen LogP contribution in [0.1, 0.15) is 41.6 Å². The molecular weight excluding hydrogens is 363 g/mol.